The van der Waals surface area contributed by atoms with Crippen molar-refractivity contribution in [2.45, 2.75) is 25.3 Å². The minimum absolute atomic E-state index is 0.0731. The lowest BCUT2D eigenvalue weighted by molar-refractivity contribution is 0.110. The molecule has 0 aromatic carbocycles. The van der Waals surface area contributed by atoms with Crippen LogP contribution in [0.3, 0.4) is 0 Å². The topological polar surface area (TPSA) is 78.4 Å². The van der Waals surface area contributed by atoms with E-state index in [1.807, 2.05) is 0 Å². The summed E-state index contributed by atoms with van der Waals surface area (Å²) in [6.45, 7) is 1.03. The second kappa shape index (κ2) is 6.25. The van der Waals surface area contributed by atoms with Crippen LogP contribution in [0.1, 0.15) is 19.3 Å². The third kappa shape index (κ3) is 3.61. The fourth-order valence-corrected chi connectivity index (χ4v) is 2.44. The molecule has 0 radical (unpaired) electrons. The molecule has 19 heavy (non-hydrogen) atoms. The summed E-state index contributed by atoms with van der Waals surface area (Å²) in [7, 11) is 0. The van der Waals surface area contributed by atoms with Gasteiger partial charge in [-0.25, -0.2) is 9.78 Å². The van der Waals surface area contributed by atoms with E-state index in [1.54, 1.807) is 0 Å². The maximum Gasteiger partial charge on any atom is 0.407 e. The fourth-order valence-electron chi connectivity index (χ4n) is 2.15. The number of nitrogens with zero attached hydrogens (tertiary/aromatic N) is 3. The number of aromatic nitrogens is 2. The molecule has 1 aliphatic heterocycles. The molecule has 1 saturated heterocycles. The summed E-state index contributed by atoms with van der Waals surface area (Å²) >= 11 is 11.6. The van der Waals surface area contributed by atoms with Gasteiger partial charge in [0, 0.05) is 13.1 Å². The normalized spacial score (nSPS) is 19.3. The summed E-state index contributed by atoms with van der Waals surface area (Å²) in [6.07, 6.45) is 3.28. The standard InChI is InChI=1S/C11H14Cl2N4O2/c12-8-6-15-10(13)16-9(8)14-5-7-3-1-2-4-17(7)11(18)19/h6-7H,1-5H2,(H,18,19)(H,14,15,16). The molecule has 1 unspecified atom stereocenters. The summed E-state index contributed by atoms with van der Waals surface area (Å²) in [5, 5.41) is 12.6. The van der Waals surface area contributed by atoms with E-state index in [4.69, 9.17) is 28.3 Å². The number of likely N-dealkylation sites (tertiary alicyclic amines) is 1. The van der Waals surface area contributed by atoms with Crippen molar-refractivity contribution in [2.24, 2.45) is 0 Å². The zero-order valence-electron chi connectivity index (χ0n) is 10.1. The fraction of sp³-hybridized carbons (Fsp3) is 0.545. The van der Waals surface area contributed by atoms with Crippen molar-refractivity contribution in [1.82, 2.24) is 14.9 Å². The van der Waals surface area contributed by atoms with Crippen molar-refractivity contribution >= 4 is 35.1 Å². The van der Waals surface area contributed by atoms with E-state index in [1.165, 1.54) is 11.1 Å². The summed E-state index contributed by atoms with van der Waals surface area (Å²) < 4.78 is 0. The molecule has 104 valence electrons. The van der Waals surface area contributed by atoms with Gasteiger partial charge in [-0.05, 0) is 30.9 Å². The Bertz CT molecular complexity index is 472. The van der Waals surface area contributed by atoms with Gasteiger partial charge >= 0.3 is 6.09 Å². The van der Waals surface area contributed by atoms with E-state index in [2.05, 4.69) is 15.3 Å². The lowest BCUT2D eigenvalue weighted by atomic mass is 10.0. The van der Waals surface area contributed by atoms with Crippen molar-refractivity contribution in [3.63, 3.8) is 0 Å². The number of rotatable bonds is 3. The average molecular weight is 305 g/mol. The van der Waals surface area contributed by atoms with Crippen LogP contribution in [0.25, 0.3) is 0 Å². The number of anilines is 1. The van der Waals surface area contributed by atoms with Gasteiger partial charge in [0.1, 0.15) is 10.8 Å². The predicted molar refractivity (Wildman–Crippen MR) is 72.9 cm³/mol. The highest BCUT2D eigenvalue weighted by Crippen LogP contribution is 2.21. The van der Waals surface area contributed by atoms with Crippen molar-refractivity contribution < 1.29 is 9.90 Å². The molecule has 1 aromatic rings. The molecule has 0 saturated carbocycles. The van der Waals surface area contributed by atoms with Crippen molar-refractivity contribution in [3.05, 3.63) is 16.5 Å². The van der Waals surface area contributed by atoms with Gasteiger partial charge in [-0.3, -0.25) is 0 Å². The molecule has 0 spiro atoms. The summed E-state index contributed by atoms with van der Waals surface area (Å²) in [5.74, 6) is 0.428. The molecular formula is C11H14Cl2N4O2. The van der Waals surface area contributed by atoms with E-state index < -0.39 is 6.09 Å². The van der Waals surface area contributed by atoms with Crippen LogP contribution in [0.5, 0.6) is 0 Å². The minimum Gasteiger partial charge on any atom is -0.465 e. The SMILES string of the molecule is O=C(O)N1CCCCC1CNc1nc(Cl)ncc1Cl. The Morgan fingerprint density at radius 1 is 1.53 bits per heavy atom. The van der Waals surface area contributed by atoms with Crippen LogP contribution in [-0.2, 0) is 0 Å². The average Bonchev–Trinajstić information content (AvgIpc) is 2.40. The molecule has 1 amide bonds. The molecule has 8 heteroatoms. The lowest BCUT2D eigenvalue weighted by Crippen LogP contribution is -2.46. The number of amides is 1. The number of piperidine rings is 1. The Hall–Kier alpha value is -1.27. The summed E-state index contributed by atoms with van der Waals surface area (Å²) in [4.78, 5) is 20.3. The molecule has 1 aromatic heterocycles. The zero-order valence-corrected chi connectivity index (χ0v) is 11.7. The number of hydrogen-bond donors (Lipinski definition) is 2. The highest BCUT2D eigenvalue weighted by atomic mass is 35.5. The molecule has 1 aliphatic rings. The highest BCUT2D eigenvalue weighted by Gasteiger charge is 2.26. The van der Waals surface area contributed by atoms with Gasteiger partial charge in [-0.15, -0.1) is 0 Å². The second-order valence-electron chi connectivity index (χ2n) is 4.34. The van der Waals surface area contributed by atoms with Gasteiger partial charge in [0.05, 0.1) is 12.2 Å². The second-order valence-corrected chi connectivity index (χ2v) is 5.09. The van der Waals surface area contributed by atoms with Crippen LogP contribution in [0, 0.1) is 0 Å². The van der Waals surface area contributed by atoms with E-state index in [9.17, 15) is 4.79 Å². The molecule has 1 fully saturated rings. The molecule has 0 aliphatic carbocycles. The van der Waals surface area contributed by atoms with Crippen LogP contribution in [0.15, 0.2) is 6.20 Å². The van der Waals surface area contributed by atoms with Gasteiger partial charge in [0.2, 0.25) is 5.28 Å². The first kappa shape index (κ1) is 14.1. The smallest absolute Gasteiger partial charge is 0.407 e. The number of nitrogens with one attached hydrogen (secondary N) is 1. The maximum atomic E-state index is 11.1. The van der Waals surface area contributed by atoms with Gasteiger partial charge in [-0.2, -0.15) is 4.98 Å². The Morgan fingerprint density at radius 2 is 2.32 bits per heavy atom. The van der Waals surface area contributed by atoms with Crippen molar-refractivity contribution in [1.29, 1.82) is 0 Å². The van der Waals surface area contributed by atoms with E-state index in [0.717, 1.165) is 19.3 Å². The summed E-state index contributed by atoms with van der Waals surface area (Å²) in [6, 6.07) is -0.0731. The molecule has 6 nitrogen and oxygen atoms in total. The summed E-state index contributed by atoms with van der Waals surface area (Å²) in [5.41, 5.74) is 0. The third-order valence-corrected chi connectivity index (χ3v) is 3.55. The van der Waals surface area contributed by atoms with Crippen LogP contribution in [-0.4, -0.2) is 45.2 Å². The largest absolute Gasteiger partial charge is 0.465 e. The van der Waals surface area contributed by atoms with Gasteiger partial charge in [0.15, 0.2) is 0 Å². The predicted octanol–water partition coefficient (Wildman–Crippen LogP) is 2.73. The quantitative estimate of drug-likeness (QED) is 0.840. The van der Waals surface area contributed by atoms with Crippen LogP contribution < -0.4 is 5.32 Å². The van der Waals surface area contributed by atoms with Gasteiger partial charge < -0.3 is 15.3 Å². The van der Waals surface area contributed by atoms with Crippen LogP contribution >= 0.6 is 23.2 Å². The highest BCUT2D eigenvalue weighted by molar-refractivity contribution is 6.33. The first-order chi connectivity index (χ1) is 9.08. The first-order valence-electron chi connectivity index (χ1n) is 5.99. The van der Waals surface area contributed by atoms with E-state index in [-0.39, 0.29) is 11.3 Å². The maximum absolute atomic E-state index is 11.1. The molecule has 2 N–H and O–H groups in total. The van der Waals surface area contributed by atoms with E-state index in [0.29, 0.717) is 23.9 Å². The van der Waals surface area contributed by atoms with Gasteiger partial charge in [0.25, 0.3) is 0 Å². The monoisotopic (exact) mass is 304 g/mol. The molecule has 1 atom stereocenters. The van der Waals surface area contributed by atoms with Gasteiger partial charge in [-0.1, -0.05) is 11.6 Å². The molecular weight excluding hydrogens is 291 g/mol. The zero-order chi connectivity index (χ0) is 13.8. The number of halogens is 2. The first-order valence-corrected chi connectivity index (χ1v) is 6.75. The Balaban J connectivity index is 2.00. The Kier molecular flexibility index (Phi) is 4.66. The lowest BCUT2D eigenvalue weighted by Gasteiger charge is -2.33. The number of carbonyl (C=O) groups is 1. The molecule has 0 bridgehead atoms. The molecule has 2 heterocycles. The number of carboxylic acid groups (broad SMARTS) is 1. The van der Waals surface area contributed by atoms with E-state index >= 15 is 0 Å². The molecule has 2 rings (SSSR count). The number of hydrogen-bond acceptors (Lipinski definition) is 4. The van der Waals surface area contributed by atoms with Crippen LogP contribution in [0.2, 0.25) is 10.3 Å². The van der Waals surface area contributed by atoms with Crippen molar-refractivity contribution in [3.8, 4) is 0 Å². The Labute approximate surface area is 120 Å². The van der Waals surface area contributed by atoms with Crippen molar-refractivity contribution in [2.75, 3.05) is 18.4 Å². The Morgan fingerprint density at radius 3 is 3.05 bits per heavy atom. The minimum atomic E-state index is -0.890. The van der Waals surface area contributed by atoms with Crippen LogP contribution in [0.4, 0.5) is 10.6 Å². The third-order valence-electron chi connectivity index (χ3n) is 3.09.